The standard InChI is InChI=1S/C21H28FN5O/c1-16-23-24-25-27(16)19(15-17-5-7-18(22)8-6-17)20(28)26-13-11-21(12-14-26)9-3-2-4-10-21/h5-8,19H,2-4,9-15H2,1H3. The first-order valence-electron chi connectivity index (χ1n) is 10.3. The summed E-state index contributed by atoms with van der Waals surface area (Å²) >= 11 is 0. The Morgan fingerprint density at radius 2 is 1.79 bits per heavy atom. The molecule has 1 unspecified atom stereocenters. The van der Waals surface area contributed by atoms with E-state index >= 15 is 0 Å². The summed E-state index contributed by atoms with van der Waals surface area (Å²) in [7, 11) is 0. The zero-order valence-electron chi connectivity index (χ0n) is 16.5. The lowest BCUT2D eigenvalue weighted by Crippen LogP contribution is -2.47. The van der Waals surface area contributed by atoms with Crippen molar-refractivity contribution < 1.29 is 9.18 Å². The van der Waals surface area contributed by atoms with Crippen LogP contribution >= 0.6 is 0 Å². The van der Waals surface area contributed by atoms with Gasteiger partial charge in [0.1, 0.15) is 17.7 Å². The van der Waals surface area contributed by atoms with E-state index in [1.54, 1.807) is 23.7 Å². The fraction of sp³-hybridized carbons (Fsp3) is 0.619. The molecule has 1 saturated heterocycles. The van der Waals surface area contributed by atoms with Gasteiger partial charge in [-0.2, -0.15) is 0 Å². The van der Waals surface area contributed by atoms with Gasteiger partial charge in [-0.05, 0) is 66.1 Å². The Balaban J connectivity index is 1.50. The molecule has 1 saturated carbocycles. The average Bonchev–Trinajstić information content (AvgIpc) is 3.14. The number of benzene rings is 1. The molecule has 1 amide bonds. The summed E-state index contributed by atoms with van der Waals surface area (Å²) in [5, 5.41) is 11.7. The van der Waals surface area contributed by atoms with Crippen molar-refractivity contribution in [1.29, 1.82) is 0 Å². The van der Waals surface area contributed by atoms with Crippen molar-refractivity contribution >= 4 is 5.91 Å². The second-order valence-corrected chi connectivity index (χ2v) is 8.40. The summed E-state index contributed by atoms with van der Waals surface area (Å²) < 4.78 is 14.9. The van der Waals surface area contributed by atoms with Crippen LogP contribution in [0.15, 0.2) is 24.3 Å². The predicted molar refractivity (Wildman–Crippen MR) is 103 cm³/mol. The lowest BCUT2D eigenvalue weighted by Gasteiger charge is -2.45. The molecule has 1 aromatic carbocycles. The maximum atomic E-state index is 13.4. The first-order chi connectivity index (χ1) is 13.6. The number of piperidine rings is 1. The summed E-state index contributed by atoms with van der Waals surface area (Å²) in [6.07, 6.45) is 9.25. The van der Waals surface area contributed by atoms with Gasteiger partial charge in [-0.3, -0.25) is 4.79 Å². The van der Waals surface area contributed by atoms with Gasteiger partial charge in [-0.15, -0.1) is 5.10 Å². The SMILES string of the molecule is Cc1nnnn1C(Cc1ccc(F)cc1)C(=O)N1CCC2(CCCCC2)CC1. The van der Waals surface area contributed by atoms with Crippen LogP contribution in [0, 0.1) is 18.2 Å². The number of aromatic nitrogens is 4. The summed E-state index contributed by atoms with van der Waals surface area (Å²) in [5.74, 6) is 0.394. The molecule has 0 N–H and O–H groups in total. The van der Waals surface area contributed by atoms with Crippen LogP contribution in [0.3, 0.4) is 0 Å². The van der Waals surface area contributed by atoms with Crippen LogP contribution in [-0.4, -0.2) is 44.1 Å². The number of halogens is 1. The normalized spacial score (nSPS) is 20.3. The Morgan fingerprint density at radius 3 is 2.39 bits per heavy atom. The van der Waals surface area contributed by atoms with Crippen LogP contribution < -0.4 is 0 Å². The van der Waals surface area contributed by atoms with Gasteiger partial charge in [0.2, 0.25) is 5.91 Å². The molecule has 2 fully saturated rings. The molecule has 150 valence electrons. The molecule has 0 bridgehead atoms. The van der Waals surface area contributed by atoms with Crippen LogP contribution in [0.25, 0.3) is 0 Å². The van der Waals surface area contributed by atoms with Crippen LogP contribution in [0.5, 0.6) is 0 Å². The lowest BCUT2D eigenvalue weighted by atomic mass is 9.68. The summed E-state index contributed by atoms with van der Waals surface area (Å²) in [6, 6.07) is 5.81. The van der Waals surface area contributed by atoms with Crippen molar-refractivity contribution in [3.05, 3.63) is 41.5 Å². The second kappa shape index (κ2) is 7.97. The molecule has 2 heterocycles. The highest BCUT2D eigenvalue weighted by molar-refractivity contribution is 5.81. The molecule has 2 aromatic rings. The summed E-state index contributed by atoms with van der Waals surface area (Å²) in [4.78, 5) is 15.4. The van der Waals surface area contributed by atoms with Crippen molar-refractivity contribution in [2.24, 2.45) is 5.41 Å². The molecule has 1 atom stereocenters. The Morgan fingerprint density at radius 1 is 1.11 bits per heavy atom. The van der Waals surface area contributed by atoms with Gasteiger partial charge in [0.05, 0.1) is 0 Å². The smallest absolute Gasteiger partial charge is 0.247 e. The second-order valence-electron chi connectivity index (χ2n) is 8.40. The largest absolute Gasteiger partial charge is 0.341 e. The minimum absolute atomic E-state index is 0.0605. The number of carbonyl (C=O) groups excluding carboxylic acids is 1. The third-order valence-electron chi connectivity index (χ3n) is 6.63. The molecule has 4 rings (SSSR count). The molecule has 0 radical (unpaired) electrons. The number of hydrogen-bond acceptors (Lipinski definition) is 4. The number of rotatable bonds is 4. The highest BCUT2D eigenvalue weighted by atomic mass is 19.1. The fourth-order valence-corrected chi connectivity index (χ4v) is 4.86. The highest BCUT2D eigenvalue weighted by Crippen LogP contribution is 2.44. The lowest BCUT2D eigenvalue weighted by molar-refractivity contribution is -0.138. The van der Waals surface area contributed by atoms with Gasteiger partial charge in [0.25, 0.3) is 0 Å². The molecule has 1 aliphatic heterocycles. The minimum atomic E-state index is -0.499. The third-order valence-corrected chi connectivity index (χ3v) is 6.63. The van der Waals surface area contributed by atoms with Gasteiger partial charge in [0.15, 0.2) is 0 Å². The van der Waals surface area contributed by atoms with Gasteiger partial charge < -0.3 is 4.90 Å². The van der Waals surface area contributed by atoms with Crippen molar-refractivity contribution in [2.75, 3.05) is 13.1 Å². The van der Waals surface area contributed by atoms with E-state index in [-0.39, 0.29) is 11.7 Å². The molecule has 7 heteroatoms. The van der Waals surface area contributed by atoms with Crippen LogP contribution in [0.2, 0.25) is 0 Å². The van der Waals surface area contributed by atoms with Crippen LogP contribution in [0.4, 0.5) is 4.39 Å². The molecule has 6 nitrogen and oxygen atoms in total. The Hall–Kier alpha value is -2.31. The van der Waals surface area contributed by atoms with Crippen LogP contribution in [0.1, 0.15) is 62.4 Å². The molecular formula is C21H28FN5O. The first-order valence-corrected chi connectivity index (χ1v) is 10.3. The zero-order chi connectivity index (χ0) is 19.6. The third kappa shape index (κ3) is 3.93. The van der Waals surface area contributed by atoms with E-state index in [4.69, 9.17) is 0 Å². The molecular weight excluding hydrogens is 357 g/mol. The number of hydrogen-bond donors (Lipinski definition) is 0. The monoisotopic (exact) mass is 385 g/mol. The molecule has 1 spiro atoms. The van der Waals surface area contributed by atoms with Crippen molar-refractivity contribution in [2.45, 2.75) is 64.3 Å². The number of nitrogens with zero attached hydrogens (tertiary/aromatic N) is 5. The zero-order valence-corrected chi connectivity index (χ0v) is 16.5. The number of likely N-dealkylation sites (tertiary alicyclic amines) is 1. The van der Waals surface area contributed by atoms with E-state index in [0.29, 0.717) is 17.7 Å². The average molecular weight is 385 g/mol. The highest BCUT2D eigenvalue weighted by Gasteiger charge is 2.38. The maximum Gasteiger partial charge on any atom is 0.247 e. The number of carbonyl (C=O) groups is 1. The maximum absolute atomic E-state index is 13.4. The van der Waals surface area contributed by atoms with Crippen molar-refractivity contribution in [1.82, 2.24) is 25.1 Å². The van der Waals surface area contributed by atoms with E-state index in [2.05, 4.69) is 15.5 Å². The summed E-state index contributed by atoms with van der Waals surface area (Å²) in [5.41, 5.74) is 1.35. The number of aryl methyl sites for hydroxylation is 1. The number of tetrazole rings is 1. The Bertz CT molecular complexity index is 802. The van der Waals surface area contributed by atoms with Gasteiger partial charge in [-0.1, -0.05) is 31.4 Å². The van der Waals surface area contributed by atoms with Crippen LogP contribution in [-0.2, 0) is 11.2 Å². The van der Waals surface area contributed by atoms with E-state index in [1.807, 2.05) is 4.90 Å². The Kier molecular flexibility index (Phi) is 5.42. The predicted octanol–water partition coefficient (Wildman–Crippen LogP) is 3.48. The quantitative estimate of drug-likeness (QED) is 0.808. The molecule has 28 heavy (non-hydrogen) atoms. The van der Waals surface area contributed by atoms with Crippen molar-refractivity contribution in [3.63, 3.8) is 0 Å². The van der Waals surface area contributed by atoms with E-state index in [9.17, 15) is 9.18 Å². The van der Waals surface area contributed by atoms with Gasteiger partial charge >= 0.3 is 0 Å². The molecule has 1 aromatic heterocycles. The summed E-state index contributed by atoms with van der Waals surface area (Å²) in [6.45, 7) is 3.41. The molecule has 2 aliphatic rings. The topological polar surface area (TPSA) is 63.9 Å². The van der Waals surface area contributed by atoms with Gasteiger partial charge in [0, 0.05) is 19.5 Å². The van der Waals surface area contributed by atoms with E-state index in [0.717, 1.165) is 31.5 Å². The Labute approximate surface area is 165 Å². The van der Waals surface area contributed by atoms with Crippen molar-refractivity contribution in [3.8, 4) is 0 Å². The van der Waals surface area contributed by atoms with E-state index < -0.39 is 6.04 Å². The van der Waals surface area contributed by atoms with E-state index in [1.165, 1.54) is 44.2 Å². The molecule has 1 aliphatic carbocycles. The minimum Gasteiger partial charge on any atom is -0.341 e. The first kappa shape index (κ1) is 19.0. The van der Waals surface area contributed by atoms with Gasteiger partial charge in [-0.25, -0.2) is 9.07 Å². The number of amides is 1. The fourth-order valence-electron chi connectivity index (χ4n) is 4.86.